The summed E-state index contributed by atoms with van der Waals surface area (Å²) in [4.78, 5) is 2.43. The molecule has 2 heteroatoms. The van der Waals surface area contributed by atoms with E-state index in [1.165, 1.54) is 49.5 Å². The van der Waals surface area contributed by atoms with Crippen LogP contribution in [0, 0.1) is 0 Å². The average Bonchev–Trinajstić information content (AvgIpc) is 3.73. The Hall–Kier alpha value is -6.90. The van der Waals surface area contributed by atoms with Crippen LogP contribution in [0.3, 0.4) is 0 Å². The lowest BCUT2D eigenvalue weighted by atomic mass is 9.82. The Balaban J connectivity index is 1.05. The fourth-order valence-electron chi connectivity index (χ4n) is 9.03. The molecule has 1 heterocycles. The molecule has 0 aliphatic heterocycles. The fourth-order valence-corrected chi connectivity index (χ4v) is 9.03. The molecule has 1 aliphatic rings. The monoisotopic (exact) mass is 703 g/mol. The van der Waals surface area contributed by atoms with Crippen molar-refractivity contribution in [1.29, 1.82) is 0 Å². The quantitative estimate of drug-likeness (QED) is 0.177. The molecule has 0 radical (unpaired) electrons. The van der Waals surface area contributed by atoms with Crippen LogP contribution in [-0.2, 0) is 5.41 Å². The summed E-state index contributed by atoms with van der Waals surface area (Å²) in [5.74, 6) is 0. The summed E-state index contributed by atoms with van der Waals surface area (Å²) in [5.41, 5.74) is 15.1. The molecule has 0 amide bonds. The van der Waals surface area contributed by atoms with Crippen LogP contribution in [0.1, 0.15) is 25.0 Å². The summed E-state index contributed by atoms with van der Waals surface area (Å²) in [5, 5.41) is 7.09. The zero-order valence-corrected chi connectivity index (χ0v) is 30.8. The highest BCUT2D eigenvalue weighted by atomic mass is 16.3. The summed E-state index contributed by atoms with van der Waals surface area (Å²) in [6.07, 6.45) is 0. The third kappa shape index (κ3) is 4.95. The highest BCUT2D eigenvalue weighted by molar-refractivity contribution is 6.15. The Kier molecular flexibility index (Phi) is 6.93. The van der Waals surface area contributed by atoms with Gasteiger partial charge in [0, 0.05) is 38.5 Å². The maximum Gasteiger partial charge on any atom is 0.143 e. The maximum atomic E-state index is 6.56. The molecule has 0 fully saturated rings. The van der Waals surface area contributed by atoms with E-state index in [2.05, 4.69) is 207 Å². The number of para-hydroxylation sites is 1. The van der Waals surface area contributed by atoms with Gasteiger partial charge in [-0.1, -0.05) is 147 Å². The van der Waals surface area contributed by atoms with E-state index in [1.54, 1.807) is 0 Å². The zero-order chi connectivity index (χ0) is 36.7. The number of hydrogen-bond acceptors (Lipinski definition) is 2. The number of nitrogens with zero attached hydrogens (tertiary/aromatic N) is 1. The van der Waals surface area contributed by atoms with Gasteiger partial charge in [-0.3, -0.25) is 0 Å². The molecule has 2 nitrogen and oxygen atoms in total. The Morgan fingerprint density at radius 2 is 1.04 bits per heavy atom. The van der Waals surface area contributed by atoms with Crippen LogP contribution in [-0.4, -0.2) is 0 Å². The first-order valence-corrected chi connectivity index (χ1v) is 19.1. The van der Waals surface area contributed by atoms with Gasteiger partial charge in [0.05, 0.1) is 5.69 Å². The van der Waals surface area contributed by atoms with E-state index in [1.807, 2.05) is 0 Å². The third-order valence-corrected chi connectivity index (χ3v) is 11.9. The maximum absolute atomic E-state index is 6.56. The molecule has 55 heavy (non-hydrogen) atoms. The molecule has 1 aliphatic carbocycles. The second kappa shape index (κ2) is 12.1. The second-order valence-corrected chi connectivity index (χ2v) is 15.3. The van der Waals surface area contributed by atoms with Crippen LogP contribution in [0.15, 0.2) is 192 Å². The van der Waals surface area contributed by atoms with Gasteiger partial charge in [-0.05, 0) is 110 Å². The van der Waals surface area contributed by atoms with E-state index in [0.29, 0.717) is 0 Å². The highest BCUT2D eigenvalue weighted by Crippen LogP contribution is 2.51. The van der Waals surface area contributed by atoms with Gasteiger partial charge in [0.1, 0.15) is 11.2 Å². The Morgan fingerprint density at radius 3 is 1.91 bits per heavy atom. The molecular weight excluding hydrogens is 667 g/mol. The van der Waals surface area contributed by atoms with E-state index in [4.69, 9.17) is 4.42 Å². The number of benzene rings is 9. The van der Waals surface area contributed by atoms with Crippen molar-refractivity contribution in [1.82, 2.24) is 0 Å². The minimum Gasteiger partial charge on any atom is -0.455 e. The predicted octanol–water partition coefficient (Wildman–Crippen LogP) is 15.0. The van der Waals surface area contributed by atoms with Gasteiger partial charge >= 0.3 is 0 Å². The molecule has 0 unspecified atom stereocenters. The van der Waals surface area contributed by atoms with E-state index in [9.17, 15) is 0 Å². The largest absolute Gasteiger partial charge is 0.455 e. The minimum atomic E-state index is -0.0615. The summed E-state index contributed by atoms with van der Waals surface area (Å²) in [6, 6.07) is 68.5. The van der Waals surface area contributed by atoms with Crippen molar-refractivity contribution >= 4 is 60.5 Å². The number of fused-ring (bicyclic) bond motifs is 9. The van der Waals surface area contributed by atoms with E-state index < -0.39 is 0 Å². The third-order valence-electron chi connectivity index (χ3n) is 11.9. The Bertz CT molecular complexity index is 3130. The second-order valence-electron chi connectivity index (χ2n) is 15.3. The van der Waals surface area contributed by atoms with Crippen molar-refractivity contribution in [3.05, 3.63) is 199 Å². The molecule has 0 N–H and O–H groups in total. The zero-order valence-electron chi connectivity index (χ0n) is 30.8. The minimum absolute atomic E-state index is 0.0615. The van der Waals surface area contributed by atoms with Crippen LogP contribution in [0.25, 0.3) is 76.9 Å². The van der Waals surface area contributed by atoms with E-state index in [0.717, 1.165) is 55.5 Å². The van der Waals surface area contributed by atoms with Crippen molar-refractivity contribution in [3.63, 3.8) is 0 Å². The van der Waals surface area contributed by atoms with Gasteiger partial charge in [0.2, 0.25) is 0 Å². The summed E-state index contributed by atoms with van der Waals surface area (Å²) < 4.78 is 6.56. The van der Waals surface area contributed by atoms with Gasteiger partial charge in [-0.15, -0.1) is 0 Å². The first-order valence-electron chi connectivity index (χ1n) is 19.1. The average molecular weight is 704 g/mol. The van der Waals surface area contributed by atoms with Crippen LogP contribution in [0.2, 0.25) is 0 Å². The molecule has 9 aromatic carbocycles. The summed E-state index contributed by atoms with van der Waals surface area (Å²) >= 11 is 0. The van der Waals surface area contributed by atoms with Crippen molar-refractivity contribution in [3.8, 4) is 33.4 Å². The normalized spacial score (nSPS) is 13.1. The molecule has 0 saturated heterocycles. The smallest absolute Gasteiger partial charge is 0.143 e. The highest BCUT2D eigenvalue weighted by Gasteiger charge is 2.35. The lowest BCUT2D eigenvalue weighted by Crippen LogP contribution is -2.15. The van der Waals surface area contributed by atoms with Crippen LogP contribution in [0.4, 0.5) is 17.1 Å². The SMILES string of the molecule is CC1(C)c2ccccc2-c2cc(N(c3ccc(-c4ccc5c(c4)oc4c6ccccc6ccc54)cc3)c3ccccc3-c3ccc4ccccc4c3)ccc21. The lowest BCUT2D eigenvalue weighted by Gasteiger charge is -2.29. The van der Waals surface area contributed by atoms with Crippen molar-refractivity contribution in [2.45, 2.75) is 19.3 Å². The van der Waals surface area contributed by atoms with Crippen LogP contribution in [0.5, 0.6) is 0 Å². The lowest BCUT2D eigenvalue weighted by molar-refractivity contribution is 0.660. The predicted molar refractivity (Wildman–Crippen MR) is 232 cm³/mol. The van der Waals surface area contributed by atoms with Gasteiger partial charge in [-0.25, -0.2) is 0 Å². The van der Waals surface area contributed by atoms with E-state index in [-0.39, 0.29) is 5.41 Å². The van der Waals surface area contributed by atoms with Crippen LogP contribution >= 0.6 is 0 Å². The molecular formula is C53H37NO. The summed E-state index contributed by atoms with van der Waals surface area (Å²) in [6.45, 7) is 4.68. The molecule has 1 aromatic heterocycles. The molecule has 260 valence electrons. The summed E-state index contributed by atoms with van der Waals surface area (Å²) in [7, 11) is 0. The first kappa shape index (κ1) is 31.6. The molecule has 0 atom stereocenters. The molecule has 0 bridgehead atoms. The number of anilines is 3. The fraction of sp³-hybridized carbons (Fsp3) is 0.0566. The Labute approximate surface area is 320 Å². The van der Waals surface area contributed by atoms with Crippen molar-refractivity contribution in [2.24, 2.45) is 0 Å². The van der Waals surface area contributed by atoms with Gasteiger partial charge < -0.3 is 9.32 Å². The van der Waals surface area contributed by atoms with Gasteiger partial charge in [-0.2, -0.15) is 0 Å². The molecule has 10 aromatic rings. The number of furan rings is 1. The van der Waals surface area contributed by atoms with Crippen LogP contribution < -0.4 is 4.90 Å². The topological polar surface area (TPSA) is 16.4 Å². The van der Waals surface area contributed by atoms with Crippen molar-refractivity contribution < 1.29 is 4.42 Å². The molecule has 0 saturated carbocycles. The number of rotatable bonds is 5. The standard InChI is InChI=1S/C53H37NO/c1-53(2)48-17-9-7-16-44(48)47-33-41(27-30-49(47)53)54(50-18-10-8-14-42(50)39-20-19-34-11-3-4-13-37(34)31-39)40-25-21-35(22-26-40)38-24-28-45-46-29-23-36-12-5-6-15-43(36)52(46)55-51(45)32-38/h3-33H,1-2H3. The Morgan fingerprint density at radius 1 is 0.400 bits per heavy atom. The number of hydrogen-bond donors (Lipinski definition) is 0. The van der Waals surface area contributed by atoms with Gasteiger partial charge in [0.15, 0.2) is 0 Å². The molecule has 11 rings (SSSR count). The first-order chi connectivity index (χ1) is 27.0. The van der Waals surface area contributed by atoms with E-state index >= 15 is 0 Å². The molecule has 0 spiro atoms. The van der Waals surface area contributed by atoms with Gasteiger partial charge in [0.25, 0.3) is 0 Å². The van der Waals surface area contributed by atoms with Crippen molar-refractivity contribution in [2.75, 3.05) is 4.90 Å².